The van der Waals surface area contributed by atoms with Gasteiger partial charge in [-0.05, 0) is 56.3 Å². The molecule has 0 spiro atoms. The molecule has 0 bridgehead atoms. The van der Waals surface area contributed by atoms with Gasteiger partial charge in [-0.1, -0.05) is 0 Å². The summed E-state index contributed by atoms with van der Waals surface area (Å²) in [5, 5.41) is 11.3. The second kappa shape index (κ2) is 6.67. The number of rotatable bonds is 4. The van der Waals surface area contributed by atoms with E-state index in [1.54, 1.807) is 0 Å². The summed E-state index contributed by atoms with van der Waals surface area (Å²) in [6.45, 7) is 0.639. The normalized spacial score (nSPS) is 21.8. The number of carbonyl (C=O) groups is 2. The number of anilines is 1. The Balaban J connectivity index is 1.98. The van der Waals surface area contributed by atoms with E-state index in [9.17, 15) is 14.0 Å². The average molecular weight is 294 g/mol. The van der Waals surface area contributed by atoms with Gasteiger partial charge in [0.05, 0.1) is 11.3 Å². The minimum atomic E-state index is -1.20. The molecule has 1 aliphatic carbocycles. The van der Waals surface area contributed by atoms with Gasteiger partial charge in [0.25, 0.3) is 0 Å². The lowest BCUT2D eigenvalue weighted by Gasteiger charge is -2.26. The first-order valence-electron chi connectivity index (χ1n) is 7.05. The summed E-state index contributed by atoms with van der Waals surface area (Å²) >= 11 is 0. The Hall–Kier alpha value is -1.95. The molecule has 5 nitrogen and oxygen atoms in total. The summed E-state index contributed by atoms with van der Waals surface area (Å²) in [4.78, 5) is 22.8. The molecule has 1 aliphatic rings. The van der Waals surface area contributed by atoms with E-state index in [4.69, 9.17) is 10.8 Å². The number of carbonyl (C=O) groups excluding carboxylic acids is 1. The zero-order valence-electron chi connectivity index (χ0n) is 11.6. The SMILES string of the molecule is NCC1CCC(C(=O)Nc2ccc(C(=O)O)cc2F)CC1. The van der Waals surface area contributed by atoms with Gasteiger partial charge >= 0.3 is 5.97 Å². The van der Waals surface area contributed by atoms with Crippen molar-refractivity contribution in [1.29, 1.82) is 0 Å². The van der Waals surface area contributed by atoms with Crippen molar-refractivity contribution in [2.45, 2.75) is 25.7 Å². The molecular weight excluding hydrogens is 275 g/mol. The van der Waals surface area contributed by atoms with E-state index in [-0.39, 0.29) is 23.1 Å². The number of nitrogens with one attached hydrogen (secondary N) is 1. The minimum absolute atomic E-state index is 0.0194. The van der Waals surface area contributed by atoms with Crippen LogP contribution in [0.25, 0.3) is 0 Å². The van der Waals surface area contributed by atoms with Crippen LogP contribution in [-0.4, -0.2) is 23.5 Å². The van der Waals surface area contributed by atoms with E-state index in [0.717, 1.165) is 31.7 Å². The van der Waals surface area contributed by atoms with Gasteiger partial charge in [-0.25, -0.2) is 9.18 Å². The lowest BCUT2D eigenvalue weighted by molar-refractivity contribution is -0.121. The summed E-state index contributed by atoms with van der Waals surface area (Å²) in [5.41, 5.74) is 5.48. The molecule has 1 aromatic carbocycles. The largest absolute Gasteiger partial charge is 0.478 e. The van der Waals surface area contributed by atoms with Crippen molar-refractivity contribution < 1.29 is 19.1 Å². The molecule has 114 valence electrons. The topological polar surface area (TPSA) is 92.4 Å². The van der Waals surface area contributed by atoms with Crippen LogP contribution in [0.15, 0.2) is 18.2 Å². The zero-order valence-corrected chi connectivity index (χ0v) is 11.6. The highest BCUT2D eigenvalue weighted by atomic mass is 19.1. The van der Waals surface area contributed by atoms with E-state index in [1.165, 1.54) is 12.1 Å². The van der Waals surface area contributed by atoms with Crippen LogP contribution in [0.2, 0.25) is 0 Å². The number of benzene rings is 1. The molecule has 0 saturated heterocycles. The Morgan fingerprint density at radius 1 is 1.29 bits per heavy atom. The fraction of sp³-hybridized carbons (Fsp3) is 0.467. The van der Waals surface area contributed by atoms with Gasteiger partial charge in [-0.3, -0.25) is 4.79 Å². The van der Waals surface area contributed by atoms with Gasteiger partial charge in [0.15, 0.2) is 0 Å². The van der Waals surface area contributed by atoms with E-state index >= 15 is 0 Å². The predicted octanol–water partition coefficient (Wildman–Crippen LogP) is 2.23. The van der Waals surface area contributed by atoms with Gasteiger partial charge in [0.2, 0.25) is 5.91 Å². The first kappa shape index (κ1) is 15.4. The first-order valence-corrected chi connectivity index (χ1v) is 7.05. The van der Waals surface area contributed by atoms with Crippen molar-refractivity contribution in [3.63, 3.8) is 0 Å². The highest BCUT2D eigenvalue weighted by molar-refractivity contribution is 5.94. The van der Waals surface area contributed by atoms with Crippen LogP contribution in [0.4, 0.5) is 10.1 Å². The monoisotopic (exact) mass is 294 g/mol. The number of aromatic carboxylic acids is 1. The number of nitrogens with two attached hydrogens (primary N) is 1. The third kappa shape index (κ3) is 3.78. The second-order valence-electron chi connectivity index (χ2n) is 5.44. The maximum absolute atomic E-state index is 13.8. The number of hydrogen-bond acceptors (Lipinski definition) is 3. The maximum Gasteiger partial charge on any atom is 0.335 e. The highest BCUT2D eigenvalue weighted by Crippen LogP contribution is 2.29. The predicted molar refractivity (Wildman–Crippen MR) is 76.5 cm³/mol. The molecule has 4 N–H and O–H groups in total. The van der Waals surface area contributed by atoms with Crippen molar-refractivity contribution in [2.24, 2.45) is 17.6 Å². The summed E-state index contributed by atoms with van der Waals surface area (Å²) < 4.78 is 13.8. The number of hydrogen-bond donors (Lipinski definition) is 3. The molecular formula is C15H19FN2O3. The Kier molecular flexibility index (Phi) is 4.90. The molecule has 1 saturated carbocycles. The molecule has 1 aromatic rings. The van der Waals surface area contributed by atoms with Crippen LogP contribution >= 0.6 is 0 Å². The quantitative estimate of drug-likeness (QED) is 0.794. The van der Waals surface area contributed by atoms with E-state index in [2.05, 4.69) is 5.32 Å². The first-order chi connectivity index (χ1) is 10.0. The summed E-state index contributed by atoms with van der Waals surface area (Å²) in [7, 11) is 0. The zero-order chi connectivity index (χ0) is 15.4. The molecule has 0 aliphatic heterocycles. The van der Waals surface area contributed by atoms with Crippen molar-refractivity contribution in [1.82, 2.24) is 0 Å². The molecule has 1 amide bonds. The van der Waals surface area contributed by atoms with Crippen LogP contribution in [-0.2, 0) is 4.79 Å². The molecule has 2 rings (SSSR count). The maximum atomic E-state index is 13.8. The van der Waals surface area contributed by atoms with E-state index in [1.807, 2.05) is 0 Å². The Morgan fingerprint density at radius 2 is 1.95 bits per heavy atom. The van der Waals surface area contributed by atoms with Gasteiger partial charge in [0.1, 0.15) is 5.82 Å². The summed E-state index contributed by atoms with van der Waals surface area (Å²) in [5.74, 6) is -1.81. The van der Waals surface area contributed by atoms with Crippen LogP contribution in [0.1, 0.15) is 36.0 Å². The molecule has 0 aromatic heterocycles. The van der Waals surface area contributed by atoms with Crippen molar-refractivity contribution >= 4 is 17.6 Å². The standard InChI is InChI=1S/C15H19FN2O3/c16-12-7-11(15(20)21)5-6-13(12)18-14(19)10-3-1-9(8-17)2-4-10/h5-7,9-10H,1-4,8,17H2,(H,18,19)(H,20,21). The Morgan fingerprint density at radius 3 is 2.48 bits per heavy atom. The van der Waals surface area contributed by atoms with E-state index < -0.39 is 11.8 Å². The molecule has 6 heteroatoms. The van der Waals surface area contributed by atoms with Gasteiger partial charge in [0, 0.05) is 5.92 Å². The van der Waals surface area contributed by atoms with Gasteiger partial charge in [-0.15, -0.1) is 0 Å². The molecule has 1 fully saturated rings. The molecule has 0 unspecified atom stereocenters. The number of carboxylic acid groups (broad SMARTS) is 1. The van der Waals surface area contributed by atoms with E-state index in [0.29, 0.717) is 12.5 Å². The Labute approximate surface area is 122 Å². The Bertz CT molecular complexity index is 540. The summed E-state index contributed by atoms with van der Waals surface area (Å²) in [6.07, 6.45) is 3.33. The number of carboxylic acids is 1. The minimum Gasteiger partial charge on any atom is -0.478 e. The van der Waals surface area contributed by atoms with Crippen LogP contribution in [0.5, 0.6) is 0 Å². The lowest BCUT2D eigenvalue weighted by Crippen LogP contribution is -2.29. The fourth-order valence-electron chi connectivity index (χ4n) is 2.64. The second-order valence-corrected chi connectivity index (χ2v) is 5.44. The van der Waals surface area contributed by atoms with Gasteiger partial charge < -0.3 is 16.2 Å². The van der Waals surface area contributed by atoms with Crippen molar-refractivity contribution in [3.8, 4) is 0 Å². The molecule has 0 heterocycles. The van der Waals surface area contributed by atoms with Gasteiger partial charge in [-0.2, -0.15) is 0 Å². The smallest absolute Gasteiger partial charge is 0.335 e. The highest BCUT2D eigenvalue weighted by Gasteiger charge is 2.26. The third-order valence-corrected chi connectivity index (χ3v) is 4.02. The van der Waals surface area contributed by atoms with Crippen LogP contribution in [0, 0.1) is 17.7 Å². The summed E-state index contributed by atoms with van der Waals surface area (Å²) in [6, 6.07) is 3.46. The third-order valence-electron chi connectivity index (χ3n) is 4.02. The average Bonchev–Trinajstić information content (AvgIpc) is 2.49. The number of amides is 1. The lowest BCUT2D eigenvalue weighted by atomic mass is 9.81. The molecule has 0 radical (unpaired) electrons. The van der Waals surface area contributed by atoms with Crippen molar-refractivity contribution in [3.05, 3.63) is 29.6 Å². The number of halogens is 1. The van der Waals surface area contributed by atoms with Crippen LogP contribution < -0.4 is 11.1 Å². The molecule has 0 atom stereocenters. The molecule has 21 heavy (non-hydrogen) atoms. The fourth-order valence-corrected chi connectivity index (χ4v) is 2.64. The van der Waals surface area contributed by atoms with Crippen LogP contribution in [0.3, 0.4) is 0 Å². The van der Waals surface area contributed by atoms with Crippen molar-refractivity contribution in [2.75, 3.05) is 11.9 Å².